The van der Waals surface area contributed by atoms with Crippen LogP contribution in [0.2, 0.25) is 0 Å². The molecular formula is C13H16FN3O3S. The first-order chi connectivity index (χ1) is 9.87. The average Bonchev–Trinajstić information content (AvgIpc) is 2.83. The van der Waals surface area contributed by atoms with Gasteiger partial charge in [-0.25, -0.2) is 12.8 Å². The van der Waals surface area contributed by atoms with Gasteiger partial charge in [-0.05, 0) is 18.2 Å². The smallest absolute Gasteiger partial charge is 0.263 e. The van der Waals surface area contributed by atoms with Gasteiger partial charge >= 0.3 is 0 Å². The third-order valence-electron chi connectivity index (χ3n) is 3.02. The fourth-order valence-corrected chi connectivity index (χ4v) is 2.99. The Bertz CT molecular complexity index is 756. The minimum absolute atomic E-state index is 0.0210. The molecule has 0 saturated heterocycles. The van der Waals surface area contributed by atoms with Crippen LogP contribution in [0.1, 0.15) is 5.69 Å². The number of benzene rings is 1. The van der Waals surface area contributed by atoms with Crippen molar-refractivity contribution in [3.05, 3.63) is 42.0 Å². The van der Waals surface area contributed by atoms with Crippen LogP contribution in [0.25, 0.3) is 0 Å². The molecule has 1 heterocycles. The number of nitrogens with two attached hydrogens (primary N) is 1. The quantitative estimate of drug-likeness (QED) is 0.874. The van der Waals surface area contributed by atoms with Gasteiger partial charge in [-0.15, -0.1) is 0 Å². The van der Waals surface area contributed by atoms with Crippen molar-refractivity contribution >= 4 is 15.7 Å². The van der Waals surface area contributed by atoms with E-state index in [1.807, 2.05) is 0 Å². The molecule has 0 aliphatic rings. The molecule has 8 heteroatoms. The van der Waals surface area contributed by atoms with E-state index < -0.39 is 15.8 Å². The summed E-state index contributed by atoms with van der Waals surface area (Å²) < 4.78 is 47.0. The Kier molecular flexibility index (Phi) is 4.19. The Morgan fingerprint density at radius 2 is 2.10 bits per heavy atom. The lowest BCUT2D eigenvalue weighted by Gasteiger charge is -2.09. The third kappa shape index (κ3) is 3.17. The third-order valence-corrected chi connectivity index (χ3v) is 4.35. The lowest BCUT2D eigenvalue weighted by molar-refractivity contribution is 0.414. The summed E-state index contributed by atoms with van der Waals surface area (Å²) in [7, 11) is -0.794. The van der Waals surface area contributed by atoms with Crippen LogP contribution in [0, 0.1) is 5.82 Å². The van der Waals surface area contributed by atoms with Crippen molar-refractivity contribution in [1.82, 2.24) is 4.57 Å². The number of methoxy groups -OCH3 is 1. The second kappa shape index (κ2) is 5.74. The number of ether oxygens (including phenoxy) is 1. The van der Waals surface area contributed by atoms with Crippen LogP contribution in [0.15, 0.2) is 35.4 Å². The predicted octanol–water partition coefficient (Wildman–Crippen LogP) is 1.43. The van der Waals surface area contributed by atoms with Crippen molar-refractivity contribution in [1.29, 1.82) is 0 Å². The Hall–Kier alpha value is -2.06. The molecule has 6 nitrogen and oxygen atoms in total. The standard InChI is InChI=1S/C13H16FN3O3S/c1-17-8-11(5-9(17)7-15)21(18,19)16-13-6-10(20-2)3-4-12(13)14/h3-6,8,16H,7,15H2,1-2H3. The van der Waals surface area contributed by atoms with Crippen molar-refractivity contribution in [2.75, 3.05) is 11.8 Å². The molecular weight excluding hydrogens is 297 g/mol. The van der Waals surface area contributed by atoms with Crippen molar-refractivity contribution in [2.45, 2.75) is 11.4 Å². The van der Waals surface area contributed by atoms with Gasteiger partial charge in [-0.2, -0.15) is 0 Å². The van der Waals surface area contributed by atoms with Crippen molar-refractivity contribution in [2.24, 2.45) is 12.8 Å². The summed E-state index contributed by atoms with van der Waals surface area (Å²) in [5.41, 5.74) is 5.99. The van der Waals surface area contributed by atoms with Crippen LogP contribution in [-0.4, -0.2) is 20.1 Å². The summed E-state index contributed by atoms with van der Waals surface area (Å²) in [4.78, 5) is 0.0210. The van der Waals surface area contributed by atoms with E-state index in [0.717, 1.165) is 6.07 Å². The van der Waals surface area contributed by atoms with Crippen LogP contribution in [0.4, 0.5) is 10.1 Å². The molecule has 0 saturated carbocycles. The number of rotatable bonds is 5. The van der Waals surface area contributed by atoms with Crippen molar-refractivity contribution in [3.8, 4) is 5.75 Å². The average molecular weight is 313 g/mol. The molecule has 0 amide bonds. The summed E-state index contributed by atoms with van der Waals surface area (Å²) in [5, 5.41) is 0. The molecule has 0 fully saturated rings. The molecule has 1 aromatic carbocycles. The van der Waals surface area contributed by atoms with Gasteiger partial charge in [0.25, 0.3) is 10.0 Å². The second-order valence-corrected chi connectivity index (χ2v) is 6.12. The zero-order valence-corrected chi connectivity index (χ0v) is 12.4. The number of halogens is 1. The van der Waals surface area contributed by atoms with E-state index in [1.54, 1.807) is 11.6 Å². The summed E-state index contributed by atoms with van der Waals surface area (Å²) in [6.07, 6.45) is 1.42. The minimum atomic E-state index is -3.89. The van der Waals surface area contributed by atoms with Crippen molar-refractivity contribution in [3.63, 3.8) is 0 Å². The highest BCUT2D eigenvalue weighted by Crippen LogP contribution is 2.24. The minimum Gasteiger partial charge on any atom is -0.497 e. The zero-order chi connectivity index (χ0) is 15.6. The van der Waals surface area contributed by atoms with Gasteiger partial charge in [0.2, 0.25) is 0 Å². The largest absolute Gasteiger partial charge is 0.497 e. The fourth-order valence-electron chi connectivity index (χ4n) is 1.84. The van der Waals surface area contributed by atoms with Gasteiger partial charge in [-0.3, -0.25) is 4.72 Å². The number of hydrogen-bond acceptors (Lipinski definition) is 4. The SMILES string of the molecule is COc1ccc(F)c(NS(=O)(=O)c2cc(CN)n(C)c2)c1. The molecule has 1 aromatic heterocycles. The van der Waals surface area contributed by atoms with E-state index in [2.05, 4.69) is 4.72 Å². The molecule has 0 bridgehead atoms. The summed E-state index contributed by atoms with van der Waals surface area (Å²) in [6, 6.07) is 5.26. The molecule has 0 unspecified atom stereocenters. The van der Waals surface area contributed by atoms with Gasteiger partial charge in [0.1, 0.15) is 16.5 Å². The summed E-state index contributed by atoms with van der Waals surface area (Å²) >= 11 is 0. The van der Waals surface area contributed by atoms with Crippen LogP contribution < -0.4 is 15.2 Å². The number of hydrogen-bond donors (Lipinski definition) is 2. The molecule has 114 valence electrons. The first-order valence-corrected chi connectivity index (χ1v) is 7.57. The molecule has 2 rings (SSSR count). The Balaban J connectivity index is 2.37. The Morgan fingerprint density at radius 1 is 1.38 bits per heavy atom. The maximum absolute atomic E-state index is 13.7. The topological polar surface area (TPSA) is 86.3 Å². The number of anilines is 1. The van der Waals surface area contributed by atoms with E-state index in [9.17, 15) is 12.8 Å². The number of aromatic nitrogens is 1. The van der Waals surface area contributed by atoms with Gasteiger partial charge < -0.3 is 15.0 Å². The van der Waals surface area contributed by atoms with Crippen LogP contribution in [0.3, 0.4) is 0 Å². The lowest BCUT2D eigenvalue weighted by atomic mass is 10.3. The Labute approximate surface area is 122 Å². The van der Waals surface area contributed by atoms with E-state index in [0.29, 0.717) is 11.4 Å². The van der Waals surface area contributed by atoms with Gasteiger partial charge in [0.05, 0.1) is 12.8 Å². The van der Waals surface area contributed by atoms with Crippen LogP contribution in [-0.2, 0) is 23.6 Å². The first-order valence-electron chi connectivity index (χ1n) is 6.09. The van der Waals surface area contributed by atoms with E-state index >= 15 is 0 Å². The fraction of sp³-hybridized carbons (Fsp3) is 0.231. The second-order valence-electron chi connectivity index (χ2n) is 4.43. The Morgan fingerprint density at radius 3 is 2.67 bits per heavy atom. The van der Waals surface area contributed by atoms with E-state index in [-0.39, 0.29) is 17.1 Å². The van der Waals surface area contributed by atoms with Gasteiger partial charge in [0.15, 0.2) is 0 Å². The maximum Gasteiger partial charge on any atom is 0.263 e. The van der Waals surface area contributed by atoms with Gasteiger partial charge in [0, 0.05) is 31.5 Å². The van der Waals surface area contributed by atoms with Gasteiger partial charge in [-0.1, -0.05) is 0 Å². The number of aryl methyl sites for hydroxylation is 1. The van der Waals surface area contributed by atoms with Crippen LogP contribution >= 0.6 is 0 Å². The number of sulfonamides is 1. The highest BCUT2D eigenvalue weighted by atomic mass is 32.2. The summed E-state index contributed by atoms with van der Waals surface area (Å²) in [6.45, 7) is 0.208. The monoisotopic (exact) mass is 313 g/mol. The highest BCUT2D eigenvalue weighted by Gasteiger charge is 2.19. The predicted molar refractivity (Wildman–Crippen MR) is 77.1 cm³/mol. The van der Waals surface area contributed by atoms with E-state index in [1.165, 1.54) is 31.5 Å². The summed E-state index contributed by atoms with van der Waals surface area (Å²) in [5.74, 6) is -0.334. The van der Waals surface area contributed by atoms with E-state index in [4.69, 9.17) is 10.5 Å². The zero-order valence-electron chi connectivity index (χ0n) is 11.6. The highest BCUT2D eigenvalue weighted by molar-refractivity contribution is 7.92. The molecule has 3 N–H and O–H groups in total. The molecule has 21 heavy (non-hydrogen) atoms. The van der Waals surface area contributed by atoms with Crippen LogP contribution in [0.5, 0.6) is 5.75 Å². The molecule has 0 spiro atoms. The van der Waals surface area contributed by atoms with Crippen molar-refractivity contribution < 1.29 is 17.5 Å². The number of nitrogens with zero attached hydrogens (tertiary/aromatic N) is 1. The molecule has 0 aliphatic carbocycles. The maximum atomic E-state index is 13.7. The molecule has 2 aromatic rings. The number of nitrogens with one attached hydrogen (secondary N) is 1. The molecule has 0 radical (unpaired) electrons. The molecule has 0 atom stereocenters. The molecule has 0 aliphatic heterocycles. The lowest BCUT2D eigenvalue weighted by Crippen LogP contribution is -2.13. The normalized spacial score (nSPS) is 11.4. The first kappa shape index (κ1) is 15.3.